The van der Waals surface area contributed by atoms with E-state index < -0.39 is 0 Å². The summed E-state index contributed by atoms with van der Waals surface area (Å²) in [6.07, 6.45) is 3.45. The molecule has 1 heterocycles. The molecule has 2 aromatic rings. The zero-order chi connectivity index (χ0) is 13.1. The van der Waals surface area contributed by atoms with Crippen LogP contribution in [0.2, 0.25) is 15.1 Å². The van der Waals surface area contributed by atoms with Crippen LogP contribution >= 0.6 is 34.8 Å². The fourth-order valence-corrected chi connectivity index (χ4v) is 2.00. The van der Waals surface area contributed by atoms with Gasteiger partial charge in [-0.15, -0.1) is 0 Å². The first-order valence-corrected chi connectivity index (χ1v) is 6.08. The van der Waals surface area contributed by atoms with Crippen molar-refractivity contribution in [2.45, 2.75) is 6.42 Å². The minimum absolute atomic E-state index is 0.273. The largest absolute Gasteiger partial charge is 0.236 e. The van der Waals surface area contributed by atoms with Crippen molar-refractivity contribution in [3.63, 3.8) is 0 Å². The van der Waals surface area contributed by atoms with Crippen molar-refractivity contribution in [3.05, 3.63) is 45.2 Å². The summed E-state index contributed by atoms with van der Waals surface area (Å²) < 4.78 is 0. The molecule has 0 aliphatic heterocycles. The molecule has 90 valence electrons. The van der Waals surface area contributed by atoms with Crippen LogP contribution in [-0.4, -0.2) is 9.97 Å². The highest BCUT2D eigenvalue weighted by Crippen LogP contribution is 2.33. The molecule has 0 radical (unpaired) electrons. The van der Waals surface area contributed by atoms with Gasteiger partial charge in [0.15, 0.2) is 5.82 Å². The first-order valence-electron chi connectivity index (χ1n) is 4.94. The second-order valence-corrected chi connectivity index (χ2v) is 4.72. The van der Waals surface area contributed by atoms with Crippen molar-refractivity contribution in [1.29, 1.82) is 5.26 Å². The van der Waals surface area contributed by atoms with Gasteiger partial charge in [-0.25, -0.2) is 9.97 Å². The summed E-state index contributed by atoms with van der Waals surface area (Å²) in [6.45, 7) is 0. The highest BCUT2D eigenvalue weighted by Gasteiger charge is 2.10. The van der Waals surface area contributed by atoms with E-state index in [0.717, 1.165) is 5.56 Å². The number of nitriles is 1. The lowest BCUT2D eigenvalue weighted by atomic mass is 10.2. The van der Waals surface area contributed by atoms with Gasteiger partial charge in [0.2, 0.25) is 0 Å². The Bertz CT molecular complexity index is 618. The molecule has 18 heavy (non-hydrogen) atoms. The molecule has 3 nitrogen and oxygen atoms in total. The van der Waals surface area contributed by atoms with Gasteiger partial charge >= 0.3 is 0 Å². The van der Waals surface area contributed by atoms with E-state index in [0.29, 0.717) is 26.5 Å². The highest BCUT2D eigenvalue weighted by atomic mass is 35.5. The molecule has 0 saturated heterocycles. The van der Waals surface area contributed by atoms with E-state index in [1.807, 2.05) is 6.07 Å². The minimum atomic E-state index is 0.273. The molecule has 0 aliphatic rings. The van der Waals surface area contributed by atoms with E-state index in [9.17, 15) is 0 Å². The van der Waals surface area contributed by atoms with Crippen LogP contribution in [0.4, 0.5) is 0 Å². The number of benzene rings is 1. The van der Waals surface area contributed by atoms with Crippen molar-refractivity contribution in [1.82, 2.24) is 9.97 Å². The van der Waals surface area contributed by atoms with Gasteiger partial charge in [0.25, 0.3) is 0 Å². The van der Waals surface area contributed by atoms with Crippen LogP contribution in [-0.2, 0) is 6.42 Å². The van der Waals surface area contributed by atoms with Crippen LogP contribution in [0.1, 0.15) is 5.56 Å². The van der Waals surface area contributed by atoms with Crippen LogP contribution in [0.3, 0.4) is 0 Å². The molecule has 6 heteroatoms. The number of rotatable bonds is 2. The average molecular weight is 299 g/mol. The Morgan fingerprint density at radius 2 is 1.61 bits per heavy atom. The predicted octanol–water partition coefficient (Wildman–Crippen LogP) is 4.17. The number of hydrogen-bond donors (Lipinski definition) is 0. The van der Waals surface area contributed by atoms with Gasteiger partial charge in [-0.2, -0.15) is 5.26 Å². The third kappa shape index (κ3) is 2.73. The lowest BCUT2D eigenvalue weighted by molar-refractivity contribution is 1.10. The monoisotopic (exact) mass is 297 g/mol. The summed E-state index contributed by atoms with van der Waals surface area (Å²) >= 11 is 17.8. The molecule has 0 aliphatic carbocycles. The first-order chi connectivity index (χ1) is 8.61. The standard InChI is InChI=1S/C12H6Cl3N3/c13-9-4-11(15)10(14)3-8(9)12-17-5-7(1-2-16)6-18-12/h3-6H,1H2. The van der Waals surface area contributed by atoms with Crippen molar-refractivity contribution in [3.8, 4) is 17.5 Å². The van der Waals surface area contributed by atoms with E-state index >= 15 is 0 Å². The smallest absolute Gasteiger partial charge is 0.160 e. The van der Waals surface area contributed by atoms with E-state index in [2.05, 4.69) is 9.97 Å². The van der Waals surface area contributed by atoms with E-state index in [4.69, 9.17) is 40.1 Å². The Morgan fingerprint density at radius 1 is 1.00 bits per heavy atom. The molecular formula is C12H6Cl3N3. The number of aromatic nitrogens is 2. The van der Waals surface area contributed by atoms with Gasteiger partial charge < -0.3 is 0 Å². The Labute approximate surface area is 119 Å². The van der Waals surface area contributed by atoms with Crippen molar-refractivity contribution >= 4 is 34.8 Å². The van der Waals surface area contributed by atoms with Crippen LogP contribution in [0.5, 0.6) is 0 Å². The molecule has 0 fully saturated rings. The van der Waals surface area contributed by atoms with Gasteiger partial charge in [-0.3, -0.25) is 0 Å². The molecule has 0 spiro atoms. The molecule has 0 bridgehead atoms. The molecular weight excluding hydrogens is 293 g/mol. The molecule has 0 atom stereocenters. The molecule has 0 unspecified atom stereocenters. The third-order valence-electron chi connectivity index (χ3n) is 2.24. The van der Waals surface area contributed by atoms with E-state index in [1.54, 1.807) is 24.5 Å². The van der Waals surface area contributed by atoms with E-state index in [-0.39, 0.29) is 6.42 Å². The first kappa shape index (κ1) is 13.1. The van der Waals surface area contributed by atoms with Gasteiger partial charge in [0.05, 0.1) is 27.6 Å². The summed E-state index contributed by atoms with van der Waals surface area (Å²) in [7, 11) is 0. The topological polar surface area (TPSA) is 49.6 Å². The van der Waals surface area contributed by atoms with Crippen molar-refractivity contribution in [2.24, 2.45) is 0 Å². The summed E-state index contributed by atoms with van der Waals surface area (Å²) in [5.74, 6) is 0.445. The SMILES string of the molecule is N#CCc1cnc(-c2cc(Cl)c(Cl)cc2Cl)nc1. The lowest BCUT2D eigenvalue weighted by Crippen LogP contribution is -1.92. The third-order valence-corrected chi connectivity index (χ3v) is 3.27. The molecule has 0 N–H and O–H groups in total. The molecule has 2 rings (SSSR count). The number of hydrogen-bond acceptors (Lipinski definition) is 3. The quantitative estimate of drug-likeness (QED) is 0.782. The zero-order valence-electron chi connectivity index (χ0n) is 8.99. The second-order valence-electron chi connectivity index (χ2n) is 3.50. The minimum Gasteiger partial charge on any atom is -0.236 e. The maximum Gasteiger partial charge on any atom is 0.160 e. The maximum absolute atomic E-state index is 8.56. The lowest BCUT2D eigenvalue weighted by Gasteiger charge is -2.05. The van der Waals surface area contributed by atoms with Crippen molar-refractivity contribution < 1.29 is 0 Å². The normalized spacial score (nSPS) is 10.1. The fourth-order valence-electron chi connectivity index (χ4n) is 1.37. The van der Waals surface area contributed by atoms with Gasteiger partial charge in [0.1, 0.15) is 0 Å². The zero-order valence-corrected chi connectivity index (χ0v) is 11.3. The Balaban J connectivity index is 2.43. The summed E-state index contributed by atoms with van der Waals surface area (Å²) in [6, 6.07) is 5.19. The Morgan fingerprint density at radius 3 is 2.22 bits per heavy atom. The Hall–Kier alpha value is -1.34. The van der Waals surface area contributed by atoms with E-state index in [1.165, 1.54) is 0 Å². The average Bonchev–Trinajstić information content (AvgIpc) is 2.35. The molecule has 0 amide bonds. The Kier molecular flexibility index (Phi) is 4.03. The number of halogens is 3. The van der Waals surface area contributed by atoms with Gasteiger partial charge in [0, 0.05) is 23.5 Å². The van der Waals surface area contributed by atoms with Crippen LogP contribution in [0.15, 0.2) is 24.5 Å². The van der Waals surface area contributed by atoms with Crippen LogP contribution < -0.4 is 0 Å². The van der Waals surface area contributed by atoms with Gasteiger partial charge in [-0.1, -0.05) is 34.8 Å². The summed E-state index contributed by atoms with van der Waals surface area (Å²) in [5.41, 5.74) is 1.35. The fraction of sp³-hybridized carbons (Fsp3) is 0.0833. The summed E-state index contributed by atoms with van der Waals surface area (Å²) in [4.78, 5) is 8.30. The maximum atomic E-state index is 8.56. The van der Waals surface area contributed by atoms with Gasteiger partial charge in [-0.05, 0) is 12.1 Å². The predicted molar refractivity (Wildman–Crippen MR) is 71.8 cm³/mol. The highest BCUT2D eigenvalue weighted by molar-refractivity contribution is 6.44. The van der Waals surface area contributed by atoms with Crippen LogP contribution in [0, 0.1) is 11.3 Å². The molecule has 1 aromatic carbocycles. The van der Waals surface area contributed by atoms with Crippen LogP contribution in [0.25, 0.3) is 11.4 Å². The second kappa shape index (κ2) is 5.53. The summed E-state index contributed by atoms with van der Waals surface area (Å²) in [5, 5.41) is 9.76. The molecule has 0 saturated carbocycles. The molecule has 1 aromatic heterocycles. The van der Waals surface area contributed by atoms with Crippen molar-refractivity contribution in [2.75, 3.05) is 0 Å². The number of nitrogens with zero attached hydrogens (tertiary/aromatic N) is 3.